The summed E-state index contributed by atoms with van der Waals surface area (Å²) >= 11 is 0. The molecule has 0 aliphatic heterocycles. The zero-order valence-corrected chi connectivity index (χ0v) is 14.9. The summed E-state index contributed by atoms with van der Waals surface area (Å²) in [6, 6.07) is 12.3. The molecule has 1 heterocycles. The van der Waals surface area contributed by atoms with E-state index in [2.05, 4.69) is 16.2 Å². The lowest BCUT2D eigenvalue weighted by atomic mass is 10.0. The lowest BCUT2D eigenvalue weighted by Gasteiger charge is -2.06. The van der Waals surface area contributed by atoms with Crippen LogP contribution in [0.5, 0.6) is 0 Å². The van der Waals surface area contributed by atoms with Crippen molar-refractivity contribution in [2.75, 3.05) is 11.0 Å². The molecule has 0 aliphatic carbocycles. The fourth-order valence-corrected chi connectivity index (χ4v) is 3.41. The maximum atomic E-state index is 14.0. The largest absolute Gasteiger partial charge is 0.347 e. The number of anilines is 1. The van der Waals surface area contributed by atoms with Crippen LogP contribution in [0, 0.1) is 17.1 Å². The highest BCUT2D eigenvalue weighted by atomic mass is 32.2. The number of halogens is 1. The lowest BCUT2D eigenvalue weighted by Crippen LogP contribution is -2.01. The molecule has 25 heavy (non-hydrogen) atoms. The second-order valence-electron chi connectivity index (χ2n) is 5.83. The molecule has 0 bridgehead atoms. The molecule has 3 rings (SSSR count). The average molecular weight is 355 g/mol. The second-order valence-corrected chi connectivity index (χ2v) is 6.94. The zero-order chi connectivity index (χ0) is 18.0. The van der Waals surface area contributed by atoms with Crippen LogP contribution in [0.25, 0.3) is 22.0 Å². The lowest BCUT2D eigenvalue weighted by molar-refractivity contribution is 0.624. The van der Waals surface area contributed by atoms with Gasteiger partial charge in [-0.15, -0.1) is 0 Å². The van der Waals surface area contributed by atoms with Gasteiger partial charge < -0.3 is 9.29 Å². The number of aryl methyl sites for hydroxylation is 1. The summed E-state index contributed by atoms with van der Waals surface area (Å²) in [5.74, 6) is -0.518. The van der Waals surface area contributed by atoms with Gasteiger partial charge in [-0.25, -0.2) is 8.60 Å². The maximum Gasteiger partial charge on any atom is 0.141 e. The van der Waals surface area contributed by atoms with Crippen molar-refractivity contribution in [3.8, 4) is 17.2 Å². The van der Waals surface area contributed by atoms with Crippen molar-refractivity contribution in [2.45, 2.75) is 19.9 Å². The molecule has 0 saturated carbocycles. The van der Waals surface area contributed by atoms with Gasteiger partial charge in [-0.05, 0) is 36.2 Å². The number of nitrogens with one attached hydrogen (secondary N) is 1. The SMILES string of the molecule is CCCn1cc(-c2ccc(C#N)c(F)c2)c2ccc(NS(C)=O)cc21. The predicted molar refractivity (Wildman–Crippen MR) is 100 cm³/mol. The van der Waals surface area contributed by atoms with Crippen molar-refractivity contribution < 1.29 is 8.60 Å². The Morgan fingerprint density at radius 2 is 2.08 bits per heavy atom. The third-order valence-electron chi connectivity index (χ3n) is 4.01. The van der Waals surface area contributed by atoms with Crippen LogP contribution in [-0.4, -0.2) is 15.0 Å². The van der Waals surface area contributed by atoms with E-state index in [1.165, 1.54) is 12.1 Å². The van der Waals surface area contributed by atoms with Crippen molar-refractivity contribution >= 4 is 27.6 Å². The van der Waals surface area contributed by atoms with Gasteiger partial charge in [0.25, 0.3) is 0 Å². The Morgan fingerprint density at radius 1 is 1.28 bits per heavy atom. The number of rotatable bonds is 5. The molecule has 1 unspecified atom stereocenters. The fraction of sp³-hybridized carbons (Fsp3) is 0.211. The molecule has 1 N–H and O–H groups in total. The molecule has 6 heteroatoms. The highest BCUT2D eigenvalue weighted by molar-refractivity contribution is 7.85. The third-order valence-corrected chi connectivity index (χ3v) is 4.53. The van der Waals surface area contributed by atoms with Gasteiger partial charge in [-0.1, -0.05) is 19.1 Å². The minimum Gasteiger partial charge on any atom is -0.347 e. The van der Waals surface area contributed by atoms with E-state index >= 15 is 0 Å². The van der Waals surface area contributed by atoms with E-state index in [-0.39, 0.29) is 5.56 Å². The smallest absolute Gasteiger partial charge is 0.141 e. The van der Waals surface area contributed by atoms with Crippen LogP contribution in [0.2, 0.25) is 0 Å². The Morgan fingerprint density at radius 3 is 2.72 bits per heavy atom. The molecule has 0 spiro atoms. The van der Waals surface area contributed by atoms with Gasteiger partial charge in [-0.2, -0.15) is 5.26 Å². The van der Waals surface area contributed by atoms with Crippen LogP contribution in [0.4, 0.5) is 10.1 Å². The minimum atomic E-state index is -1.15. The van der Waals surface area contributed by atoms with Crippen LogP contribution in [-0.2, 0) is 17.5 Å². The van der Waals surface area contributed by atoms with E-state index in [4.69, 9.17) is 5.26 Å². The third kappa shape index (κ3) is 3.42. The molecule has 128 valence electrons. The first kappa shape index (κ1) is 17.2. The Balaban J connectivity index is 2.17. The van der Waals surface area contributed by atoms with Gasteiger partial charge in [0.1, 0.15) is 22.9 Å². The van der Waals surface area contributed by atoms with Crippen molar-refractivity contribution in [1.29, 1.82) is 5.26 Å². The highest BCUT2D eigenvalue weighted by Crippen LogP contribution is 2.33. The first-order chi connectivity index (χ1) is 12.0. The Labute approximate surface area is 148 Å². The highest BCUT2D eigenvalue weighted by Gasteiger charge is 2.13. The molecule has 0 aliphatic rings. The second kappa shape index (κ2) is 7.08. The molecule has 1 aromatic heterocycles. The molecule has 0 fully saturated rings. The fourth-order valence-electron chi connectivity index (χ4n) is 2.95. The first-order valence-corrected chi connectivity index (χ1v) is 9.52. The Kier molecular flexibility index (Phi) is 4.86. The molecule has 0 amide bonds. The Bertz CT molecular complexity index is 1000. The zero-order valence-electron chi connectivity index (χ0n) is 14.0. The van der Waals surface area contributed by atoms with Gasteiger partial charge in [0.2, 0.25) is 0 Å². The van der Waals surface area contributed by atoms with Crippen molar-refractivity contribution in [1.82, 2.24) is 4.57 Å². The number of fused-ring (bicyclic) bond motifs is 1. The summed E-state index contributed by atoms with van der Waals surface area (Å²) in [4.78, 5) is 0. The molecule has 2 aromatic carbocycles. The molecular weight excluding hydrogens is 337 g/mol. The summed E-state index contributed by atoms with van der Waals surface area (Å²) in [7, 11) is -1.15. The van der Waals surface area contributed by atoms with E-state index < -0.39 is 16.8 Å². The van der Waals surface area contributed by atoms with Crippen LogP contribution in [0.1, 0.15) is 18.9 Å². The molecular formula is C19H18FN3OS. The normalized spacial score (nSPS) is 12.1. The van der Waals surface area contributed by atoms with Gasteiger partial charge in [0, 0.05) is 35.6 Å². The van der Waals surface area contributed by atoms with Gasteiger partial charge in [-0.3, -0.25) is 0 Å². The van der Waals surface area contributed by atoms with E-state index in [9.17, 15) is 8.60 Å². The number of benzene rings is 2. The van der Waals surface area contributed by atoms with E-state index in [0.717, 1.165) is 40.7 Å². The number of hydrogen-bond acceptors (Lipinski definition) is 2. The molecule has 0 saturated heterocycles. The van der Waals surface area contributed by atoms with E-state index in [1.54, 1.807) is 12.3 Å². The van der Waals surface area contributed by atoms with Crippen LogP contribution in [0.3, 0.4) is 0 Å². The molecule has 3 aromatic rings. The molecule has 0 radical (unpaired) electrons. The number of nitriles is 1. The van der Waals surface area contributed by atoms with Crippen molar-refractivity contribution in [3.63, 3.8) is 0 Å². The van der Waals surface area contributed by atoms with Gasteiger partial charge in [0.15, 0.2) is 0 Å². The number of aromatic nitrogens is 1. The molecule has 1 atom stereocenters. The summed E-state index contributed by atoms with van der Waals surface area (Å²) < 4.78 is 30.5. The minimum absolute atomic E-state index is 0.0398. The number of nitrogens with zero attached hydrogens (tertiary/aromatic N) is 2. The van der Waals surface area contributed by atoms with Crippen molar-refractivity contribution in [3.05, 3.63) is 54.0 Å². The van der Waals surface area contributed by atoms with Gasteiger partial charge >= 0.3 is 0 Å². The summed E-state index contributed by atoms with van der Waals surface area (Å²) in [6.45, 7) is 2.92. The summed E-state index contributed by atoms with van der Waals surface area (Å²) in [6.07, 6.45) is 4.55. The standard InChI is InChI=1S/C19H18FN3OS/c1-3-8-23-12-17(13-4-5-14(11-21)18(20)9-13)16-7-6-15(10-19(16)23)22-25(2)24/h4-7,9-10,12,22H,3,8H2,1-2H3. The average Bonchev–Trinajstić information content (AvgIpc) is 2.93. The number of hydrogen-bond donors (Lipinski definition) is 1. The first-order valence-electron chi connectivity index (χ1n) is 7.96. The maximum absolute atomic E-state index is 14.0. The topological polar surface area (TPSA) is 57.8 Å². The Hall–Kier alpha value is -2.65. The van der Waals surface area contributed by atoms with E-state index in [0.29, 0.717) is 0 Å². The van der Waals surface area contributed by atoms with Gasteiger partial charge in [0.05, 0.1) is 11.1 Å². The predicted octanol–water partition coefficient (Wildman–Crippen LogP) is 4.43. The molecule has 4 nitrogen and oxygen atoms in total. The summed E-state index contributed by atoms with van der Waals surface area (Å²) in [5.41, 5.74) is 3.46. The summed E-state index contributed by atoms with van der Waals surface area (Å²) in [5, 5.41) is 9.89. The quantitative estimate of drug-likeness (QED) is 0.736. The van der Waals surface area contributed by atoms with E-state index in [1.807, 2.05) is 30.5 Å². The van der Waals surface area contributed by atoms with Crippen LogP contribution in [0.15, 0.2) is 42.6 Å². The van der Waals surface area contributed by atoms with Crippen LogP contribution >= 0.6 is 0 Å². The monoisotopic (exact) mass is 355 g/mol. The van der Waals surface area contributed by atoms with Crippen molar-refractivity contribution in [2.24, 2.45) is 0 Å². The van der Waals surface area contributed by atoms with Crippen LogP contribution < -0.4 is 4.72 Å².